The van der Waals surface area contributed by atoms with Crippen LogP contribution in [-0.4, -0.2) is 21.1 Å². The molecule has 128 valence electrons. The van der Waals surface area contributed by atoms with Gasteiger partial charge in [0.2, 0.25) is 5.91 Å². The SMILES string of the molecule is C[C@@H](Sc1ncc(-c2ccc(F)cc2)[nH]1)C(=O)Nc1ccccc1Cl. The number of amides is 1. The van der Waals surface area contributed by atoms with Crippen LogP contribution in [0.15, 0.2) is 59.9 Å². The number of hydrogen-bond acceptors (Lipinski definition) is 3. The summed E-state index contributed by atoms with van der Waals surface area (Å²) in [7, 11) is 0. The maximum atomic E-state index is 13.0. The number of hydrogen-bond donors (Lipinski definition) is 2. The molecule has 1 atom stereocenters. The van der Waals surface area contributed by atoms with Crippen LogP contribution in [0, 0.1) is 5.82 Å². The number of anilines is 1. The molecule has 0 fully saturated rings. The molecule has 2 N–H and O–H groups in total. The van der Waals surface area contributed by atoms with Gasteiger partial charge in [-0.2, -0.15) is 0 Å². The van der Waals surface area contributed by atoms with E-state index in [0.717, 1.165) is 11.3 Å². The molecule has 0 saturated carbocycles. The number of halogens is 2. The number of aromatic nitrogens is 2. The monoisotopic (exact) mass is 375 g/mol. The van der Waals surface area contributed by atoms with E-state index >= 15 is 0 Å². The fraction of sp³-hybridized carbons (Fsp3) is 0.111. The fourth-order valence-corrected chi connectivity index (χ4v) is 3.12. The molecule has 2 aromatic carbocycles. The number of imidazole rings is 1. The normalized spacial score (nSPS) is 12.0. The minimum Gasteiger partial charge on any atom is -0.333 e. The summed E-state index contributed by atoms with van der Waals surface area (Å²) in [4.78, 5) is 19.7. The van der Waals surface area contributed by atoms with Crippen LogP contribution in [-0.2, 0) is 4.79 Å². The Morgan fingerprint density at radius 2 is 1.96 bits per heavy atom. The number of carbonyl (C=O) groups is 1. The van der Waals surface area contributed by atoms with Crippen molar-refractivity contribution in [2.24, 2.45) is 0 Å². The first-order valence-corrected chi connectivity index (χ1v) is 8.81. The fourth-order valence-electron chi connectivity index (χ4n) is 2.16. The van der Waals surface area contributed by atoms with E-state index in [2.05, 4.69) is 15.3 Å². The molecule has 0 aliphatic heterocycles. The van der Waals surface area contributed by atoms with Gasteiger partial charge in [0, 0.05) is 0 Å². The Kier molecular flexibility index (Phi) is 5.40. The Hall–Kier alpha value is -2.31. The van der Waals surface area contributed by atoms with E-state index < -0.39 is 0 Å². The van der Waals surface area contributed by atoms with E-state index in [1.807, 2.05) is 0 Å². The number of carbonyl (C=O) groups excluding carboxylic acids is 1. The third kappa shape index (κ3) is 4.41. The van der Waals surface area contributed by atoms with Crippen LogP contribution in [0.25, 0.3) is 11.3 Å². The molecule has 4 nitrogen and oxygen atoms in total. The lowest BCUT2D eigenvalue weighted by molar-refractivity contribution is -0.115. The predicted octanol–water partition coefficient (Wildman–Crippen LogP) is 4.99. The molecule has 0 aliphatic carbocycles. The Morgan fingerprint density at radius 3 is 2.68 bits per heavy atom. The quantitative estimate of drug-likeness (QED) is 0.618. The second kappa shape index (κ2) is 7.72. The zero-order valence-electron chi connectivity index (χ0n) is 13.3. The van der Waals surface area contributed by atoms with Crippen LogP contribution < -0.4 is 5.32 Å². The van der Waals surface area contributed by atoms with Crippen molar-refractivity contribution in [1.29, 1.82) is 0 Å². The minimum absolute atomic E-state index is 0.169. The molecule has 0 spiro atoms. The molecule has 0 saturated heterocycles. The minimum atomic E-state index is -0.372. The Bertz CT molecular complexity index is 882. The first-order valence-electron chi connectivity index (χ1n) is 7.56. The molecular weight excluding hydrogens is 361 g/mol. The number of thioether (sulfide) groups is 1. The van der Waals surface area contributed by atoms with E-state index in [1.165, 1.54) is 23.9 Å². The largest absolute Gasteiger partial charge is 0.333 e. The zero-order valence-corrected chi connectivity index (χ0v) is 14.9. The Balaban J connectivity index is 1.65. The van der Waals surface area contributed by atoms with Crippen LogP contribution in [0.2, 0.25) is 5.02 Å². The molecule has 3 rings (SSSR count). The molecule has 1 heterocycles. The maximum absolute atomic E-state index is 13.0. The van der Waals surface area contributed by atoms with Crippen LogP contribution >= 0.6 is 23.4 Å². The highest BCUT2D eigenvalue weighted by Crippen LogP contribution is 2.26. The van der Waals surface area contributed by atoms with Crippen molar-refractivity contribution in [2.45, 2.75) is 17.3 Å². The van der Waals surface area contributed by atoms with Crippen molar-refractivity contribution in [3.63, 3.8) is 0 Å². The standard InChI is InChI=1S/C18H15ClFN3OS/c1-11(17(24)22-15-5-3-2-4-14(15)19)25-18-21-10-16(23-18)12-6-8-13(20)9-7-12/h2-11H,1H3,(H,21,23)(H,22,24)/t11-/m1/s1. The third-order valence-corrected chi connectivity index (χ3v) is 4.83. The third-order valence-electron chi connectivity index (χ3n) is 3.50. The summed E-state index contributed by atoms with van der Waals surface area (Å²) in [6.45, 7) is 1.79. The molecule has 25 heavy (non-hydrogen) atoms. The van der Waals surface area contributed by atoms with Gasteiger partial charge in [-0.3, -0.25) is 4.79 Å². The molecule has 0 bridgehead atoms. The summed E-state index contributed by atoms with van der Waals surface area (Å²) in [6, 6.07) is 13.2. The number of benzene rings is 2. The van der Waals surface area contributed by atoms with Gasteiger partial charge >= 0.3 is 0 Å². The highest BCUT2D eigenvalue weighted by molar-refractivity contribution is 8.00. The summed E-state index contributed by atoms with van der Waals surface area (Å²) in [5, 5.41) is 3.53. The average Bonchev–Trinajstić information content (AvgIpc) is 3.06. The molecule has 3 aromatic rings. The lowest BCUT2D eigenvalue weighted by Gasteiger charge is -2.11. The van der Waals surface area contributed by atoms with Crippen molar-refractivity contribution in [3.05, 3.63) is 65.6 Å². The number of nitrogens with zero attached hydrogens (tertiary/aromatic N) is 1. The second-order valence-corrected chi connectivity index (χ2v) is 7.07. The first kappa shape index (κ1) is 17.5. The molecule has 0 radical (unpaired) electrons. The van der Waals surface area contributed by atoms with Crippen molar-refractivity contribution < 1.29 is 9.18 Å². The second-order valence-electron chi connectivity index (χ2n) is 5.34. The van der Waals surface area contributed by atoms with E-state index in [4.69, 9.17) is 11.6 Å². The average molecular weight is 376 g/mol. The topological polar surface area (TPSA) is 57.8 Å². The van der Waals surface area contributed by atoms with Crippen LogP contribution in [0.1, 0.15) is 6.92 Å². The van der Waals surface area contributed by atoms with Gasteiger partial charge in [-0.05, 0) is 48.9 Å². The molecule has 1 amide bonds. The molecule has 7 heteroatoms. The smallest absolute Gasteiger partial charge is 0.237 e. The number of H-pyrrole nitrogens is 1. The Labute approximate surface area is 153 Å². The van der Waals surface area contributed by atoms with Crippen LogP contribution in [0.5, 0.6) is 0 Å². The summed E-state index contributed by atoms with van der Waals surface area (Å²) in [5.74, 6) is -0.458. The van der Waals surface area contributed by atoms with Crippen molar-refractivity contribution >= 4 is 35.0 Å². The summed E-state index contributed by atoms with van der Waals surface area (Å²) in [5.41, 5.74) is 2.17. The molecule has 1 aromatic heterocycles. The Morgan fingerprint density at radius 1 is 1.24 bits per heavy atom. The summed E-state index contributed by atoms with van der Waals surface area (Å²) in [6.07, 6.45) is 1.66. The van der Waals surface area contributed by atoms with Crippen molar-refractivity contribution in [2.75, 3.05) is 5.32 Å². The molecule has 0 aliphatic rings. The number of rotatable bonds is 5. The lowest BCUT2D eigenvalue weighted by Crippen LogP contribution is -2.22. The maximum Gasteiger partial charge on any atom is 0.237 e. The highest BCUT2D eigenvalue weighted by atomic mass is 35.5. The lowest BCUT2D eigenvalue weighted by atomic mass is 10.2. The summed E-state index contributed by atoms with van der Waals surface area (Å²) >= 11 is 7.35. The van der Waals surface area contributed by atoms with E-state index in [0.29, 0.717) is 15.9 Å². The van der Waals surface area contributed by atoms with E-state index in [9.17, 15) is 9.18 Å². The van der Waals surface area contributed by atoms with Gasteiger partial charge in [-0.15, -0.1) is 0 Å². The van der Waals surface area contributed by atoms with Crippen LogP contribution in [0.4, 0.5) is 10.1 Å². The molecule has 0 unspecified atom stereocenters. The van der Waals surface area contributed by atoms with E-state index in [-0.39, 0.29) is 17.0 Å². The van der Waals surface area contributed by atoms with Gasteiger partial charge in [0.05, 0.1) is 27.9 Å². The van der Waals surface area contributed by atoms with Gasteiger partial charge in [0.1, 0.15) is 5.82 Å². The number of nitrogens with one attached hydrogen (secondary N) is 2. The van der Waals surface area contributed by atoms with E-state index in [1.54, 1.807) is 49.5 Å². The predicted molar refractivity (Wildman–Crippen MR) is 99.4 cm³/mol. The van der Waals surface area contributed by atoms with Crippen molar-refractivity contribution in [1.82, 2.24) is 9.97 Å². The van der Waals surface area contributed by atoms with Gasteiger partial charge in [0.25, 0.3) is 0 Å². The van der Waals surface area contributed by atoms with Crippen molar-refractivity contribution in [3.8, 4) is 11.3 Å². The van der Waals surface area contributed by atoms with Gasteiger partial charge in [-0.1, -0.05) is 35.5 Å². The van der Waals surface area contributed by atoms with Crippen LogP contribution in [0.3, 0.4) is 0 Å². The number of para-hydroxylation sites is 1. The van der Waals surface area contributed by atoms with Gasteiger partial charge in [-0.25, -0.2) is 9.37 Å². The summed E-state index contributed by atoms with van der Waals surface area (Å²) < 4.78 is 13.0. The van der Waals surface area contributed by atoms with Gasteiger partial charge < -0.3 is 10.3 Å². The first-order chi connectivity index (χ1) is 12.0. The molecular formula is C18H15ClFN3OS. The number of aromatic amines is 1. The van der Waals surface area contributed by atoms with Gasteiger partial charge in [0.15, 0.2) is 5.16 Å². The zero-order chi connectivity index (χ0) is 17.8. The highest BCUT2D eigenvalue weighted by Gasteiger charge is 2.17.